The van der Waals surface area contributed by atoms with Crippen molar-refractivity contribution in [3.8, 4) is 0 Å². The Morgan fingerprint density at radius 2 is 1.88 bits per heavy atom. The van der Waals surface area contributed by atoms with E-state index in [0.717, 1.165) is 43.4 Å². The second-order valence-corrected chi connectivity index (χ2v) is 9.65. The van der Waals surface area contributed by atoms with Crippen molar-refractivity contribution < 1.29 is 9.53 Å². The van der Waals surface area contributed by atoms with Crippen molar-refractivity contribution in [1.82, 2.24) is 14.7 Å². The van der Waals surface area contributed by atoms with E-state index in [4.69, 9.17) is 9.84 Å². The van der Waals surface area contributed by atoms with Gasteiger partial charge >= 0.3 is 6.09 Å². The molecule has 0 atom stereocenters. The predicted molar refractivity (Wildman–Crippen MR) is 102 cm³/mol. The van der Waals surface area contributed by atoms with E-state index in [2.05, 4.69) is 34.5 Å². The SMILES string of the molecule is CC(C)n1nc(Br)c2c1CCC1(CCN(C(=O)OC(C)(C)C)CC1)C2. The molecule has 1 aromatic heterocycles. The number of likely N-dealkylation sites (tertiary alicyclic amines) is 1. The summed E-state index contributed by atoms with van der Waals surface area (Å²) in [6.45, 7) is 11.7. The Bertz CT molecular complexity index is 652. The molecule has 1 aliphatic heterocycles. The lowest BCUT2D eigenvalue weighted by Gasteiger charge is -2.44. The minimum absolute atomic E-state index is 0.173. The van der Waals surface area contributed by atoms with E-state index < -0.39 is 5.60 Å². The number of aromatic nitrogens is 2. The lowest BCUT2D eigenvalue weighted by Crippen LogP contribution is -2.46. The molecule has 0 N–H and O–H groups in total. The highest BCUT2D eigenvalue weighted by Crippen LogP contribution is 2.45. The van der Waals surface area contributed by atoms with Gasteiger partial charge in [0.25, 0.3) is 0 Å². The molecule has 1 aromatic rings. The fraction of sp³-hybridized carbons (Fsp3) is 0.789. The third-order valence-corrected chi connectivity index (χ3v) is 6.12. The average molecular weight is 412 g/mol. The molecular weight excluding hydrogens is 382 g/mol. The zero-order valence-electron chi connectivity index (χ0n) is 16.1. The Hall–Kier alpha value is -1.04. The van der Waals surface area contributed by atoms with Gasteiger partial charge in [-0.2, -0.15) is 5.10 Å². The van der Waals surface area contributed by atoms with Crippen molar-refractivity contribution >= 4 is 22.0 Å². The van der Waals surface area contributed by atoms with Gasteiger partial charge in [0.15, 0.2) is 0 Å². The molecule has 25 heavy (non-hydrogen) atoms. The Balaban J connectivity index is 1.68. The van der Waals surface area contributed by atoms with Crippen LogP contribution in [-0.2, 0) is 17.6 Å². The summed E-state index contributed by atoms with van der Waals surface area (Å²) in [5, 5.41) is 4.70. The van der Waals surface area contributed by atoms with Gasteiger partial charge in [-0.05, 0) is 88.1 Å². The van der Waals surface area contributed by atoms with E-state index in [0.29, 0.717) is 11.5 Å². The summed E-state index contributed by atoms with van der Waals surface area (Å²) in [5.41, 5.74) is 2.65. The second kappa shape index (κ2) is 6.60. The molecule has 0 bridgehead atoms. The summed E-state index contributed by atoms with van der Waals surface area (Å²) in [4.78, 5) is 14.2. The molecule has 140 valence electrons. The Kier molecular flexibility index (Phi) is 4.95. The van der Waals surface area contributed by atoms with E-state index in [-0.39, 0.29) is 6.09 Å². The zero-order valence-corrected chi connectivity index (χ0v) is 17.6. The lowest BCUT2D eigenvalue weighted by molar-refractivity contribution is 0.00803. The molecule has 0 saturated carbocycles. The number of carbonyl (C=O) groups excluding carboxylic acids is 1. The van der Waals surface area contributed by atoms with Gasteiger partial charge in [0.1, 0.15) is 10.2 Å². The lowest BCUT2D eigenvalue weighted by atomic mass is 9.67. The number of ether oxygens (including phenoxy) is 1. The summed E-state index contributed by atoms with van der Waals surface area (Å²) < 4.78 is 8.70. The summed E-state index contributed by atoms with van der Waals surface area (Å²) in [7, 11) is 0. The fourth-order valence-corrected chi connectivity index (χ4v) is 4.64. The van der Waals surface area contributed by atoms with Crippen molar-refractivity contribution in [1.29, 1.82) is 0 Å². The van der Waals surface area contributed by atoms with Crippen LogP contribution in [0.3, 0.4) is 0 Å². The standard InChI is InChI=1S/C19H30BrN3O2/c1-13(2)23-15-6-7-19(12-14(15)16(20)21-23)8-10-22(11-9-19)17(24)25-18(3,4)5/h13H,6-12H2,1-5H3. The van der Waals surface area contributed by atoms with Crippen LogP contribution in [0, 0.1) is 5.41 Å². The molecular formula is C19H30BrN3O2. The minimum atomic E-state index is -0.428. The number of halogens is 1. The van der Waals surface area contributed by atoms with E-state index in [9.17, 15) is 4.79 Å². The first kappa shape index (κ1) is 18.7. The highest BCUT2D eigenvalue weighted by Gasteiger charge is 2.41. The molecule has 0 aromatic carbocycles. The van der Waals surface area contributed by atoms with Gasteiger partial charge in [-0.1, -0.05) is 0 Å². The third kappa shape index (κ3) is 3.88. The highest BCUT2D eigenvalue weighted by atomic mass is 79.9. The van der Waals surface area contributed by atoms with Gasteiger partial charge < -0.3 is 9.64 Å². The number of carbonyl (C=O) groups is 1. The summed E-state index contributed by atoms with van der Waals surface area (Å²) in [5.74, 6) is 0. The fourth-order valence-electron chi connectivity index (χ4n) is 4.10. The maximum Gasteiger partial charge on any atom is 0.410 e. The maximum absolute atomic E-state index is 12.3. The second-order valence-electron chi connectivity index (χ2n) is 8.90. The molecule has 1 amide bonds. The van der Waals surface area contributed by atoms with Crippen molar-refractivity contribution in [3.63, 3.8) is 0 Å². The maximum atomic E-state index is 12.3. The van der Waals surface area contributed by atoms with E-state index in [1.165, 1.54) is 17.7 Å². The topological polar surface area (TPSA) is 47.4 Å². The molecule has 2 heterocycles. The largest absolute Gasteiger partial charge is 0.444 e. The first-order valence-electron chi connectivity index (χ1n) is 9.34. The summed E-state index contributed by atoms with van der Waals surface area (Å²) in [6.07, 6.45) is 5.26. The van der Waals surface area contributed by atoms with Crippen molar-refractivity contribution in [2.45, 2.75) is 78.4 Å². The van der Waals surface area contributed by atoms with Crippen molar-refractivity contribution in [3.05, 3.63) is 15.9 Å². The van der Waals surface area contributed by atoms with Crippen LogP contribution in [-0.4, -0.2) is 39.5 Å². The van der Waals surface area contributed by atoms with Crippen LogP contribution in [0.2, 0.25) is 0 Å². The highest BCUT2D eigenvalue weighted by molar-refractivity contribution is 9.10. The molecule has 1 saturated heterocycles. The Morgan fingerprint density at radius 3 is 2.44 bits per heavy atom. The van der Waals surface area contributed by atoms with E-state index in [1.54, 1.807) is 0 Å². The number of rotatable bonds is 1. The molecule has 5 nitrogen and oxygen atoms in total. The van der Waals surface area contributed by atoms with Crippen LogP contribution in [0.5, 0.6) is 0 Å². The van der Waals surface area contributed by atoms with Gasteiger partial charge in [-0.25, -0.2) is 4.79 Å². The number of hydrogen-bond acceptors (Lipinski definition) is 3. The molecule has 1 aliphatic carbocycles. The molecule has 0 unspecified atom stereocenters. The minimum Gasteiger partial charge on any atom is -0.444 e. The first-order valence-corrected chi connectivity index (χ1v) is 10.1. The predicted octanol–water partition coefficient (Wildman–Crippen LogP) is 4.73. The molecule has 6 heteroatoms. The quantitative estimate of drug-likeness (QED) is 0.670. The number of fused-ring (bicyclic) bond motifs is 1. The van der Waals surface area contributed by atoms with Gasteiger partial charge in [-0.15, -0.1) is 0 Å². The monoisotopic (exact) mass is 411 g/mol. The normalized spacial score (nSPS) is 20.0. The van der Waals surface area contributed by atoms with Gasteiger partial charge in [-0.3, -0.25) is 4.68 Å². The molecule has 1 fully saturated rings. The molecule has 1 spiro atoms. The van der Waals surface area contributed by atoms with Crippen LogP contribution in [0.25, 0.3) is 0 Å². The molecule has 3 rings (SSSR count). The zero-order chi connectivity index (χ0) is 18.4. The Morgan fingerprint density at radius 1 is 1.24 bits per heavy atom. The number of amides is 1. The van der Waals surface area contributed by atoms with Crippen LogP contribution >= 0.6 is 15.9 Å². The number of hydrogen-bond donors (Lipinski definition) is 0. The summed E-state index contributed by atoms with van der Waals surface area (Å²) in [6, 6.07) is 0.392. The van der Waals surface area contributed by atoms with Gasteiger partial charge in [0.2, 0.25) is 0 Å². The molecule has 2 aliphatic rings. The van der Waals surface area contributed by atoms with Gasteiger partial charge in [0, 0.05) is 30.4 Å². The van der Waals surface area contributed by atoms with Crippen LogP contribution in [0.4, 0.5) is 4.79 Å². The van der Waals surface area contributed by atoms with Crippen LogP contribution in [0.1, 0.15) is 71.2 Å². The van der Waals surface area contributed by atoms with Gasteiger partial charge in [0.05, 0.1) is 0 Å². The van der Waals surface area contributed by atoms with Crippen LogP contribution < -0.4 is 0 Å². The number of nitrogens with zero attached hydrogens (tertiary/aromatic N) is 3. The number of piperidine rings is 1. The molecule has 0 radical (unpaired) electrons. The van der Waals surface area contributed by atoms with Crippen molar-refractivity contribution in [2.24, 2.45) is 5.41 Å². The smallest absolute Gasteiger partial charge is 0.410 e. The van der Waals surface area contributed by atoms with E-state index in [1.807, 2.05) is 25.7 Å². The summed E-state index contributed by atoms with van der Waals surface area (Å²) >= 11 is 3.67. The van der Waals surface area contributed by atoms with Crippen LogP contribution in [0.15, 0.2) is 4.60 Å². The first-order chi connectivity index (χ1) is 11.6. The van der Waals surface area contributed by atoms with E-state index >= 15 is 0 Å². The third-order valence-electron chi connectivity index (χ3n) is 5.48. The van der Waals surface area contributed by atoms with Crippen molar-refractivity contribution in [2.75, 3.05) is 13.1 Å². The average Bonchev–Trinajstić information content (AvgIpc) is 2.83. The Labute approximate surface area is 159 Å².